The summed E-state index contributed by atoms with van der Waals surface area (Å²) in [5.74, 6) is -1.85. The molecule has 6 N–H and O–H groups in total. The zero-order valence-corrected chi connectivity index (χ0v) is 7.85. The Labute approximate surface area is 81.9 Å². The molecule has 0 unspecified atom stereocenters. The maximum Gasteiger partial charge on any atom is 0.303 e. The second-order valence-corrected chi connectivity index (χ2v) is 3.19. The number of carboxylic acid groups (broad SMARTS) is 2. The van der Waals surface area contributed by atoms with Crippen LogP contribution in [0, 0.1) is 0 Å². The molecule has 0 aromatic heterocycles. The van der Waals surface area contributed by atoms with Crippen molar-refractivity contribution in [3.05, 3.63) is 0 Å². The summed E-state index contributed by atoms with van der Waals surface area (Å²) in [6, 6.07) is -0.907. The smallest absolute Gasteiger partial charge is 0.303 e. The molecule has 0 aromatic carbocycles. The fourth-order valence-electron chi connectivity index (χ4n) is 1.01. The van der Waals surface area contributed by atoms with Crippen molar-refractivity contribution in [2.45, 2.75) is 37.8 Å². The lowest BCUT2D eigenvalue weighted by atomic mass is 10.0. The number of aliphatic carboxylic acids is 2. The van der Waals surface area contributed by atoms with Crippen LogP contribution < -0.4 is 11.5 Å². The van der Waals surface area contributed by atoms with Crippen molar-refractivity contribution in [3.63, 3.8) is 0 Å². The molecule has 0 radical (unpaired) electrons. The molecule has 0 heterocycles. The van der Waals surface area contributed by atoms with E-state index in [1.165, 1.54) is 0 Å². The first-order valence-corrected chi connectivity index (χ1v) is 4.38. The first-order chi connectivity index (χ1) is 6.43. The summed E-state index contributed by atoms with van der Waals surface area (Å²) in [6.45, 7) is 0. The highest BCUT2D eigenvalue weighted by molar-refractivity contribution is 5.67. The van der Waals surface area contributed by atoms with Gasteiger partial charge in [0.05, 0.1) is 0 Å². The minimum Gasteiger partial charge on any atom is -0.481 e. The third-order valence-corrected chi connectivity index (χ3v) is 1.93. The Bertz CT molecular complexity index is 186. The molecule has 6 nitrogen and oxygen atoms in total. The van der Waals surface area contributed by atoms with Gasteiger partial charge in [-0.2, -0.15) is 0 Å². The molecule has 14 heavy (non-hydrogen) atoms. The van der Waals surface area contributed by atoms with Crippen LogP contribution in [-0.4, -0.2) is 34.2 Å². The van der Waals surface area contributed by atoms with Gasteiger partial charge in [-0.15, -0.1) is 0 Å². The Balaban J connectivity index is 3.69. The summed E-state index contributed by atoms with van der Waals surface area (Å²) >= 11 is 0. The van der Waals surface area contributed by atoms with Crippen LogP contribution in [0.5, 0.6) is 0 Å². The third kappa shape index (κ3) is 6.38. The molecule has 0 aliphatic carbocycles. The molecular formula is C8H16N2O4. The molecule has 6 heteroatoms. The summed E-state index contributed by atoms with van der Waals surface area (Å²) in [4.78, 5) is 20.4. The molecule has 0 spiro atoms. The van der Waals surface area contributed by atoms with E-state index in [9.17, 15) is 9.59 Å². The number of rotatable bonds is 7. The second kappa shape index (κ2) is 6.33. The van der Waals surface area contributed by atoms with Crippen molar-refractivity contribution in [2.75, 3.05) is 0 Å². The summed E-state index contributed by atoms with van der Waals surface area (Å²) in [7, 11) is 0. The van der Waals surface area contributed by atoms with E-state index < -0.39 is 24.0 Å². The molecular weight excluding hydrogens is 188 g/mol. The van der Waals surface area contributed by atoms with Crippen LogP contribution in [0.1, 0.15) is 25.7 Å². The van der Waals surface area contributed by atoms with Crippen molar-refractivity contribution in [1.29, 1.82) is 0 Å². The standard InChI is InChI=1S/C8H16N2O4/c9-5(1-3-7(11)12)6(10)2-4-8(13)14/h5-6H,1-4,9-10H2,(H,11,12)(H,13,14)/t5-,6+. The summed E-state index contributed by atoms with van der Waals surface area (Å²) in [6.07, 6.45) is 0.468. The van der Waals surface area contributed by atoms with E-state index in [4.69, 9.17) is 21.7 Å². The molecule has 0 fully saturated rings. The predicted molar refractivity (Wildman–Crippen MR) is 49.7 cm³/mol. The summed E-state index contributed by atoms with van der Waals surface area (Å²) < 4.78 is 0. The number of carbonyl (C=O) groups is 2. The van der Waals surface area contributed by atoms with E-state index in [-0.39, 0.29) is 25.7 Å². The predicted octanol–water partition coefficient (Wildman–Crippen LogP) is -0.629. The number of hydrogen-bond donors (Lipinski definition) is 4. The van der Waals surface area contributed by atoms with Gasteiger partial charge in [0.15, 0.2) is 0 Å². The molecule has 0 aromatic rings. The third-order valence-electron chi connectivity index (χ3n) is 1.93. The number of hydrogen-bond acceptors (Lipinski definition) is 4. The quantitative estimate of drug-likeness (QED) is 0.437. The summed E-state index contributed by atoms with van der Waals surface area (Å²) in [5, 5.41) is 16.7. The van der Waals surface area contributed by atoms with Crippen LogP contribution >= 0.6 is 0 Å². The van der Waals surface area contributed by atoms with Crippen LogP contribution in [0.4, 0.5) is 0 Å². The topological polar surface area (TPSA) is 127 Å². The fourth-order valence-corrected chi connectivity index (χ4v) is 1.01. The molecule has 2 atom stereocenters. The Morgan fingerprint density at radius 2 is 1.21 bits per heavy atom. The van der Waals surface area contributed by atoms with Gasteiger partial charge in [0, 0.05) is 24.9 Å². The lowest BCUT2D eigenvalue weighted by Crippen LogP contribution is -2.41. The Morgan fingerprint density at radius 1 is 0.929 bits per heavy atom. The zero-order valence-electron chi connectivity index (χ0n) is 7.85. The van der Waals surface area contributed by atoms with E-state index in [0.717, 1.165) is 0 Å². The highest BCUT2D eigenvalue weighted by Gasteiger charge is 2.15. The van der Waals surface area contributed by atoms with Crippen molar-refractivity contribution in [2.24, 2.45) is 11.5 Å². The van der Waals surface area contributed by atoms with Crippen LogP contribution in [0.15, 0.2) is 0 Å². The monoisotopic (exact) mass is 204 g/mol. The number of carboxylic acids is 2. The first kappa shape index (κ1) is 12.9. The van der Waals surface area contributed by atoms with Gasteiger partial charge in [0.1, 0.15) is 0 Å². The highest BCUT2D eigenvalue weighted by Crippen LogP contribution is 2.04. The maximum atomic E-state index is 10.2. The van der Waals surface area contributed by atoms with Gasteiger partial charge in [-0.1, -0.05) is 0 Å². The average molecular weight is 204 g/mol. The Hall–Kier alpha value is -1.14. The molecule has 0 saturated carbocycles. The van der Waals surface area contributed by atoms with Gasteiger partial charge in [-0.05, 0) is 12.8 Å². The van der Waals surface area contributed by atoms with E-state index in [0.29, 0.717) is 0 Å². The van der Waals surface area contributed by atoms with Crippen molar-refractivity contribution >= 4 is 11.9 Å². The van der Waals surface area contributed by atoms with Crippen LogP contribution in [0.25, 0.3) is 0 Å². The SMILES string of the molecule is N[C@H](CCC(=O)O)[C@@H](N)CCC(=O)O. The van der Waals surface area contributed by atoms with E-state index in [2.05, 4.69) is 0 Å². The zero-order chi connectivity index (χ0) is 11.1. The first-order valence-electron chi connectivity index (χ1n) is 4.38. The largest absolute Gasteiger partial charge is 0.481 e. The Kier molecular flexibility index (Phi) is 5.82. The van der Waals surface area contributed by atoms with Crippen molar-refractivity contribution in [1.82, 2.24) is 0 Å². The molecule has 0 bridgehead atoms. The van der Waals surface area contributed by atoms with Crippen LogP contribution in [0.2, 0.25) is 0 Å². The average Bonchev–Trinajstić information content (AvgIpc) is 2.09. The molecule has 0 aliphatic heterocycles. The molecule has 0 amide bonds. The highest BCUT2D eigenvalue weighted by atomic mass is 16.4. The lowest BCUT2D eigenvalue weighted by molar-refractivity contribution is -0.138. The van der Waals surface area contributed by atoms with Gasteiger partial charge in [0.25, 0.3) is 0 Å². The van der Waals surface area contributed by atoms with E-state index >= 15 is 0 Å². The van der Waals surface area contributed by atoms with E-state index in [1.54, 1.807) is 0 Å². The van der Waals surface area contributed by atoms with Gasteiger partial charge >= 0.3 is 11.9 Å². The minimum absolute atomic E-state index is 0.0397. The lowest BCUT2D eigenvalue weighted by Gasteiger charge is -2.17. The fraction of sp³-hybridized carbons (Fsp3) is 0.750. The van der Waals surface area contributed by atoms with Crippen LogP contribution in [0.3, 0.4) is 0 Å². The van der Waals surface area contributed by atoms with Crippen LogP contribution in [-0.2, 0) is 9.59 Å². The molecule has 0 rings (SSSR count). The molecule has 0 aliphatic rings. The van der Waals surface area contributed by atoms with Gasteiger partial charge in [-0.3, -0.25) is 9.59 Å². The van der Waals surface area contributed by atoms with E-state index in [1.807, 2.05) is 0 Å². The van der Waals surface area contributed by atoms with Gasteiger partial charge in [0.2, 0.25) is 0 Å². The van der Waals surface area contributed by atoms with Gasteiger partial charge in [-0.25, -0.2) is 0 Å². The normalized spacial score (nSPS) is 14.7. The Morgan fingerprint density at radius 3 is 1.43 bits per heavy atom. The number of nitrogens with two attached hydrogens (primary N) is 2. The second-order valence-electron chi connectivity index (χ2n) is 3.19. The maximum absolute atomic E-state index is 10.2. The van der Waals surface area contributed by atoms with Crippen molar-refractivity contribution in [3.8, 4) is 0 Å². The van der Waals surface area contributed by atoms with Gasteiger partial charge < -0.3 is 21.7 Å². The minimum atomic E-state index is -0.925. The molecule has 0 saturated heterocycles. The molecule has 82 valence electrons. The van der Waals surface area contributed by atoms with Crippen molar-refractivity contribution < 1.29 is 19.8 Å². The summed E-state index contributed by atoms with van der Waals surface area (Å²) in [5.41, 5.74) is 11.1.